The van der Waals surface area contributed by atoms with Crippen molar-refractivity contribution in [1.82, 2.24) is 15.0 Å². The molecule has 0 fully saturated rings. The smallest absolute Gasteiger partial charge is 0.231 e. The van der Waals surface area contributed by atoms with Gasteiger partial charge in [-0.2, -0.15) is 0 Å². The van der Waals surface area contributed by atoms with Crippen molar-refractivity contribution in [2.24, 2.45) is 0 Å². The molecule has 4 aromatic rings. The van der Waals surface area contributed by atoms with E-state index in [1.165, 1.54) is 6.33 Å². The number of anilines is 1. The van der Waals surface area contributed by atoms with Gasteiger partial charge >= 0.3 is 0 Å². The highest BCUT2D eigenvalue weighted by Crippen LogP contribution is 2.44. The van der Waals surface area contributed by atoms with E-state index >= 15 is 0 Å². The molecule has 2 aromatic heterocycles. The first kappa shape index (κ1) is 19.7. The third kappa shape index (κ3) is 3.15. The zero-order chi connectivity index (χ0) is 22.2. The molecule has 2 aromatic carbocycles. The number of nitrogen functional groups attached to an aromatic ring is 1. The van der Waals surface area contributed by atoms with Crippen LogP contribution in [0.15, 0.2) is 42.7 Å². The van der Waals surface area contributed by atoms with E-state index in [1.807, 2.05) is 30.3 Å². The summed E-state index contributed by atoms with van der Waals surface area (Å²) in [5.74, 6) is 3.35. The van der Waals surface area contributed by atoms with Crippen LogP contribution in [-0.2, 0) is 0 Å². The van der Waals surface area contributed by atoms with Crippen molar-refractivity contribution in [3.63, 3.8) is 0 Å². The van der Waals surface area contributed by atoms with Gasteiger partial charge in [-0.15, -0.1) is 0 Å². The van der Waals surface area contributed by atoms with Crippen LogP contribution in [0.2, 0.25) is 0 Å². The minimum Gasteiger partial charge on any atom is -0.496 e. The van der Waals surface area contributed by atoms with Crippen LogP contribution in [0.25, 0.3) is 33.4 Å². The Morgan fingerprint density at radius 3 is 2.34 bits per heavy atom. The molecule has 0 amide bonds. The van der Waals surface area contributed by atoms with E-state index < -0.39 is 0 Å². The zero-order valence-corrected chi connectivity index (χ0v) is 17.7. The van der Waals surface area contributed by atoms with Crippen molar-refractivity contribution in [3.8, 4) is 51.1 Å². The highest BCUT2D eigenvalue weighted by atomic mass is 16.7. The van der Waals surface area contributed by atoms with Crippen LogP contribution < -0.4 is 29.4 Å². The summed E-state index contributed by atoms with van der Waals surface area (Å²) in [4.78, 5) is 13.3. The fourth-order valence-electron chi connectivity index (χ4n) is 3.74. The van der Waals surface area contributed by atoms with E-state index in [-0.39, 0.29) is 6.79 Å². The topological polar surface area (TPSA) is 111 Å². The molecule has 0 bridgehead atoms. The van der Waals surface area contributed by atoms with Gasteiger partial charge in [-0.05, 0) is 30.3 Å². The normalized spacial score (nSPS) is 12.1. The Balaban J connectivity index is 1.79. The number of benzene rings is 2. The Labute approximate surface area is 183 Å². The van der Waals surface area contributed by atoms with E-state index in [4.69, 9.17) is 34.4 Å². The molecule has 1 aliphatic heterocycles. The second kappa shape index (κ2) is 7.77. The quantitative estimate of drug-likeness (QED) is 0.505. The molecule has 9 nitrogen and oxygen atoms in total. The Morgan fingerprint density at radius 1 is 0.812 bits per heavy atom. The van der Waals surface area contributed by atoms with Gasteiger partial charge in [0.15, 0.2) is 28.6 Å². The van der Waals surface area contributed by atoms with Gasteiger partial charge in [-0.25, -0.2) is 15.0 Å². The van der Waals surface area contributed by atoms with Gasteiger partial charge in [0.25, 0.3) is 0 Å². The van der Waals surface area contributed by atoms with Crippen LogP contribution >= 0.6 is 0 Å². The number of ether oxygens (including phenoxy) is 5. The first-order valence-electron chi connectivity index (χ1n) is 9.74. The predicted octanol–water partition coefficient (Wildman–Crippen LogP) is 3.70. The van der Waals surface area contributed by atoms with Crippen molar-refractivity contribution in [2.75, 3.05) is 33.9 Å². The first-order chi connectivity index (χ1) is 15.6. The molecule has 9 heteroatoms. The number of hydrogen-bond donors (Lipinski definition) is 1. The lowest BCUT2D eigenvalue weighted by molar-refractivity contribution is 0.174. The van der Waals surface area contributed by atoms with Crippen LogP contribution in [-0.4, -0.2) is 43.1 Å². The minimum atomic E-state index is 0.196. The molecule has 3 heterocycles. The molecule has 2 N–H and O–H groups in total. The van der Waals surface area contributed by atoms with Gasteiger partial charge < -0.3 is 29.4 Å². The molecule has 0 spiro atoms. The fraction of sp³-hybridized carbons (Fsp3) is 0.174. The maximum Gasteiger partial charge on any atom is 0.231 e. The van der Waals surface area contributed by atoms with Crippen LogP contribution in [0.5, 0.6) is 28.7 Å². The fourth-order valence-corrected chi connectivity index (χ4v) is 3.74. The standard InChI is InChI=1S/C23H20N4O5/c1-28-17-9-19(30-3)18(29-2)8-13(17)14-7-15(27-23-21(14)22(24)25-10-26-23)12-4-5-16-20(6-12)32-11-31-16/h4-10H,11H2,1-3H3,(H2,24,25,26,27). The number of rotatable bonds is 5. The monoisotopic (exact) mass is 432 g/mol. The minimum absolute atomic E-state index is 0.196. The van der Waals surface area contributed by atoms with Crippen molar-refractivity contribution in [2.45, 2.75) is 0 Å². The predicted molar refractivity (Wildman–Crippen MR) is 118 cm³/mol. The second-order valence-corrected chi connectivity index (χ2v) is 6.99. The van der Waals surface area contributed by atoms with Crippen LogP contribution in [0.3, 0.4) is 0 Å². The average molecular weight is 432 g/mol. The highest BCUT2D eigenvalue weighted by Gasteiger charge is 2.21. The third-order valence-electron chi connectivity index (χ3n) is 5.30. The number of nitrogens with zero attached hydrogens (tertiary/aromatic N) is 3. The van der Waals surface area contributed by atoms with Gasteiger partial charge in [0.05, 0.1) is 32.4 Å². The van der Waals surface area contributed by atoms with Gasteiger partial charge in [0.1, 0.15) is 17.9 Å². The maximum atomic E-state index is 6.25. The summed E-state index contributed by atoms with van der Waals surface area (Å²) < 4.78 is 27.6. The molecule has 1 aliphatic rings. The van der Waals surface area contributed by atoms with Gasteiger partial charge in [0.2, 0.25) is 6.79 Å². The van der Waals surface area contributed by atoms with E-state index in [9.17, 15) is 0 Å². The molecule has 0 aliphatic carbocycles. The molecule has 0 unspecified atom stereocenters. The van der Waals surface area contributed by atoms with Crippen molar-refractivity contribution >= 4 is 16.9 Å². The maximum absolute atomic E-state index is 6.25. The molecule has 162 valence electrons. The number of hydrogen-bond acceptors (Lipinski definition) is 9. The molecule has 32 heavy (non-hydrogen) atoms. The summed E-state index contributed by atoms with van der Waals surface area (Å²) in [7, 11) is 4.74. The van der Waals surface area contributed by atoms with Crippen LogP contribution in [0.4, 0.5) is 5.82 Å². The van der Waals surface area contributed by atoms with E-state index in [0.29, 0.717) is 51.3 Å². The Morgan fingerprint density at radius 2 is 1.56 bits per heavy atom. The van der Waals surface area contributed by atoms with Crippen LogP contribution in [0.1, 0.15) is 0 Å². The first-order valence-corrected chi connectivity index (χ1v) is 9.74. The summed E-state index contributed by atoms with van der Waals surface area (Å²) in [5.41, 5.74) is 9.72. The van der Waals surface area contributed by atoms with Crippen molar-refractivity contribution < 1.29 is 23.7 Å². The number of fused-ring (bicyclic) bond motifs is 2. The van der Waals surface area contributed by atoms with Gasteiger partial charge in [-0.3, -0.25) is 0 Å². The molecule has 0 radical (unpaired) electrons. The average Bonchev–Trinajstić information content (AvgIpc) is 3.30. The number of nitrogens with two attached hydrogens (primary N) is 1. The van der Waals surface area contributed by atoms with Crippen LogP contribution in [0, 0.1) is 0 Å². The Bertz CT molecular complexity index is 1340. The van der Waals surface area contributed by atoms with Gasteiger partial charge in [-0.1, -0.05) is 0 Å². The summed E-state index contributed by atoms with van der Waals surface area (Å²) in [5, 5.41) is 0.613. The second-order valence-electron chi connectivity index (χ2n) is 6.99. The lowest BCUT2D eigenvalue weighted by atomic mass is 9.98. The molecular formula is C23H20N4O5. The summed E-state index contributed by atoms with van der Waals surface area (Å²) >= 11 is 0. The lowest BCUT2D eigenvalue weighted by Crippen LogP contribution is -2.00. The van der Waals surface area contributed by atoms with Crippen molar-refractivity contribution in [3.05, 3.63) is 42.7 Å². The highest BCUT2D eigenvalue weighted by molar-refractivity contribution is 6.02. The van der Waals surface area contributed by atoms with E-state index in [0.717, 1.165) is 16.7 Å². The third-order valence-corrected chi connectivity index (χ3v) is 5.30. The Kier molecular flexibility index (Phi) is 4.78. The SMILES string of the molecule is COc1cc(OC)c(-c2cc(-c3ccc4c(c3)OCO4)nc3ncnc(N)c23)cc1OC. The summed E-state index contributed by atoms with van der Waals surface area (Å²) in [6.07, 6.45) is 1.39. The molecule has 0 saturated heterocycles. The summed E-state index contributed by atoms with van der Waals surface area (Å²) in [6.45, 7) is 0.196. The largest absolute Gasteiger partial charge is 0.496 e. The number of pyridine rings is 1. The Hall–Kier alpha value is -4.27. The summed E-state index contributed by atoms with van der Waals surface area (Å²) in [6, 6.07) is 11.2. The number of methoxy groups -OCH3 is 3. The van der Waals surface area contributed by atoms with Crippen molar-refractivity contribution in [1.29, 1.82) is 0 Å². The molecule has 5 rings (SSSR count). The van der Waals surface area contributed by atoms with E-state index in [2.05, 4.69) is 9.97 Å². The molecule has 0 saturated carbocycles. The molecular weight excluding hydrogens is 412 g/mol. The molecule has 0 atom stereocenters. The van der Waals surface area contributed by atoms with E-state index in [1.54, 1.807) is 27.4 Å². The number of aromatic nitrogens is 3. The lowest BCUT2D eigenvalue weighted by Gasteiger charge is -2.16. The van der Waals surface area contributed by atoms with Gasteiger partial charge in [0, 0.05) is 22.8 Å². The zero-order valence-electron chi connectivity index (χ0n) is 17.7.